The molecule has 19 heavy (non-hydrogen) atoms. The van der Waals surface area contributed by atoms with Crippen molar-refractivity contribution in [3.05, 3.63) is 17.5 Å². The van der Waals surface area contributed by atoms with Gasteiger partial charge < -0.3 is 5.32 Å². The molecule has 0 amide bonds. The van der Waals surface area contributed by atoms with Crippen LogP contribution in [0.5, 0.6) is 0 Å². The maximum absolute atomic E-state index is 4.51. The fourth-order valence-corrected chi connectivity index (χ4v) is 3.30. The zero-order chi connectivity index (χ0) is 13.8. The minimum absolute atomic E-state index is 0.700. The van der Waals surface area contributed by atoms with E-state index >= 15 is 0 Å². The highest BCUT2D eigenvalue weighted by atomic mass is 15.3. The van der Waals surface area contributed by atoms with Gasteiger partial charge in [-0.1, -0.05) is 33.6 Å². The molecular weight excluding hydrogens is 234 g/mol. The van der Waals surface area contributed by atoms with E-state index in [-0.39, 0.29) is 0 Å². The first-order valence-corrected chi connectivity index (χ1v) is 7.85. The zero-order valence-electron chi connectivity index (χ0n) is 12.9. The van der Waals surface area contributed by atoms with Crippen LogP contribution >= 0.6 is 0 Å². The van der Waals surface area contributed by atoms with Gasteiger partial charge in [-0.05, 0) is 31.1 Å². The van der Waals surface area contributed by atoms with Crippen LogP contribution in [0.1, 0.15) is 57.7 Å². The Morgan fingerprint density at radius 1 is 1.42 bits per heavy atom. The molecule has 1 fully saturated rings. The Morgan fingerprint density at radius 2 is 2.21 bits per heavy atom. The van der Waals surface area contributed by atoms with Gasteiger partial charge in [0.15, 0.2) is 0 Å². The summed E-state index contributed by atoms with van der Waals surface area (Å²) in [5.74, 6) is 1.74. The highest BCUT2D eigenvalue weighted by Crippen LogP contribution is 2.30. The molecule has 2 atom stereocenters. The lowest BCUT2D eigenvalue weighted by atomic mass is 9.79. The average molecular weight is 263 g/mol. The van der Waals surface area contributed by atoms with Crippen molar-refractivity contribution in [2.24, 2.45) is 18.9 Å². The van der Waals surface area contributed by atoms with Gasteiger partial charge in [-0.25, -0.2) is 0 Å². The molecule has 0 saturated heterocycles. The molecule has 0 aromatic carbocycles. The molecule has 1 saturated carbocycles. The van der Waals surface area contributed by atoms with Crippen molar-refractivity contribution in [3.63, 3.8) is 0 Å². The second-order valence-corrected chi connectivity index (χ2v) is 6.38. The SMILES string of the molecule is CCc1nn(C)cc1CNC1CCCC(C(C)C)C1. The van der Waals surface area contributed by atoms with E-state index in [0.717, 1.165) is 24.8 Å². The van der Waals surface area contributed by atoms with Gasteiger partial charge in [-0.15, -0.1) is 0 Å². The molecule has 3 nitrogen and oxygen atoms in total. The van der Waals surface area contributed by atoms with Gasteiger partial charge in [-0.3, -0.25) is 4.68 Å². The van der Waals surface area contributed by atoms with E-state index in [2.05, 4.69) is 37.4 Å². The predicted octanol–water partition coefficient (Wildman–Crippen LogP) is 3.29. The van der Waals surface area contributed by atoms with E-state index in [4.69, 9.17) is 0 Å². The maximum Gasteiger partial charge on any atom is 0.0666 e. The number of aromatic nitrogens is 2. The quantitative estimate of drug-likeness (QED) is 0.883. The maximum atomic E-state index is 4.51. The molecule has 1 aromatic heterocycles. The second-order valence-electron chi connectivity index (χ2n) is 6.38. The Morgan fingerprint density at radius 3 is 2.89 bits per heavy atom. The Labute approximate surface area is 117 Å². The Kier molecular flexibility index (Phi) is 5.03. The van der Waals surface area contributed by atoms with Gasteiger partial charge in [0, 0.05) is 31.4 Å². The van der Waals surface area contributed by atoms with Gasteiger partial charge in [0.05, 0.1) is 5.69 Å². The number of nitrogens with zero attached hydrogens (tertiary/aromatic N) is 2. The first-order chi connectivity index (χ1) is 9.10. The summed E-state index contributed by atoms with van der Waals surface area (Å²) in [6.07, 6.45) is 8.67. The van der Waals surface area contributed by atoms with Crippen LogP contribution in [0, 0.1) is 11.8 Å². The van der Waals surface area contributed by atoms with Crippen LogP contribution in [-0.4, -0.2) is 15.8 Å². The van der Waals surface area contributed by atoms with Crippen LogP contribution in [0.2, 0.25) is 0 Å². The van der Waals surface area contributed by atoms with Gasteiger partial charge in [0.25, 0.3) is 0 Å². The van der Waals surface area contributed by atoms with Crippen molar-refractivity contribution in [2.75, 3.05) is 0 Å². The van der Waals surface area contributed by atoms with Crippen molar-refractivity contribution in [1.82, 2.24) is 15.1 Å². The highest BCUT2D eigenvalue weighted by Gasteiger charge is 2.23. The van der Waals surface area contributed by atoms with Gasteiger partial charge in [0.1, 0.15) is 0 Å². The molecule has 0 aliphatic heterocycles. The molecule has 1 heterocycles. The molecule has 1 aliphatic carbocycles. The molecule has 0 radical (unpaired) electrons. The minimum atomic E-state index is 0.700. The number of hydrogen-bond donors (Lipinski definition) is 1. The van der Waals surface area contributed by atoms with Gasteiger partial charge in [-0.2, -0.15) is 5.10 Å². The lowest BCUT2D eigenvalue weighted by molar-refractivity contribution is 0.230. The number of aryl methyl sites for hydroxylation is 2. The third-order valence-electron chi connectivity index (χ3n) is 4.57. The van der Waals surface area contributed by atoms with E-state index in [9.17, 15) is 0 Å². The van der Waals surface area contributed by atoms with Gasteiger partial charge in [0.2, 0.25) is 0 Å². The second kappa shape index (κ2) is 6.56. The number of nitrogens with one attached hydrogen (secondary N) is 1. The summed E-state index contributed by atoms with van der Waals surface area (Å²) in [5.41, 5.74) is 2.61. The average Bonchev–Trinajstić information content (AvgIpc) is 2.77. The standard InChI is InChI=1S/C16H29N3/c1-5-16-14(11-19(4)18-16)10-17-15-8-6-7-13(9-15)12(2)3/h11-13,15,17H,5-10H2,1-4H3. The molecular formula is C16H29N3. The summed E-state index contributed by atoms with van der Waals surface area (Å²) >= 11 is 0. The van der Waals surface area contributed by atoms with Crippen LogP contribution in [-0.2, 0) is 20.0 Å². The van der Waals surface area contributed by atoms with Crippen molar-refractivity contribution in [3.8, 4) is 0 Å². The van der Waals surface area contributed by atoms with E-state index in [0.29, 0.717) is 6.04 Å². The number of rotatable bonds is 5. The lowest BCUT2D eigenvalue weighted by Crippen LogP contribution is -2.35. The summed E-state index contributed by atoms with van der Waals surface area (Å²) in [7, 11) is 2.01. The molecule has 0 bridgehead atoms. The van der Waals surface area contributed by atoms with E-state index in [1.807, 2.05) is 11.7 Å². The number of hydrogen-bond acceptors (Lipinski definition) is 2. The van der Waals surface area contributed by atoms with Gasteiger partial charge >= 0.3 is 0 Å². The van der Waals surface area contributed by atoms with Crippen LogP contribution in [0.3, 0.4) is 0 Å². The monoisotopic (exact) mass is 263 g/mol. The fraction of sp³-hybridized carbons (Fsp3) is 0.812. The van der Waals surface area contributed by atoms with Crippen molar-refractivity contribution in [2.45, 2.75) is 65.5 Å². The Hall–Kier alpha value is -0.830. The molecule has 108 valence electrons. The Bertz CT molecular complexity index is 395. The van der Waals surface area contributed by atoms with Crippen LogP contribution in [0.25, 0.3) is 0 Å². The van der Waals surface area contributed by atoms with Crippen molar-refractivity contribution in [1.29, 1.82) is 0 Å². The lowest BCUT2D eigenvalue weighted by Gasteiger charge is -2.32. The molecule has 2 unspecified atom stereocenters. The smallest absolute Gasteiger partial charge is 0.0666 e. The zero-order valence-corrected chi connectivity index (χ0v) is 12.9. The summed E-state index contributed by atoms with van der Waals surface area (Å²) in [6.45, 7) is 7.89. The predicted molar refractivity (Wildman–Crippen MR) is 80.0 cm³/mol. The van der Waals surface area contributed by atoms with Crippen LogP contribution in [0.15, 0.2) is 6.20 Å². The molecule has 0 spiro atoms. The third-order valence-corrected chi connectivity index (χ3v) is 4.57. The summed E-state index contributed by atoms with van der Waals surface area (Å²) in [5, 5.41) is 8.27. The molecule has 2 rings (SSSR count). The Balaban J connectivity index is 1.87. The highest BCUT2D eigenvalue weighted by molar-refractivity contribution is 5.16. The van der Waals surface area contributed by atoms with Crippen LogP contribution in [0.4, 0.5) is 0 Å². The molecule has 1 aliphatic rings. The molecule has 1 N–H and O–H groups in total. The van der Waals surface area contributed by atoms with E-state index in [1.165, 1.54) is 36.9 Å². The van der Waals surface area contributed by atoms with Crippen molar-refractivity contribution < 1.29 is 0 Å². The topological polar surface area (TPSA) is 29.9 Å². The first kappa shape index (κ1) is 14.6. The van der Waals surface area contributed by atoms with E-state index < -0.39 is 0 Å². The largest absolute Gasteiger partial charge is 0.310 e. The summed E-state index contributed by atoms with van der Waals surface area (Å²) < 4.78 is 1.94. The molecule has 3 heteroatoms. The van der Waals surface area contributed by atoms with E-state index in [1.54, 1.807) is 0 Å². The molecule has 1 aromatic rings. The third kappa shape index (κ3) is 3.82. The fourth-order valence-electron chi connectivity index (χ4n) is 3.30. The summed E-state index contributed by atoms with van der Waals surface area (Å²) in [4.78, 5) is 0. The van der Waals surface area contributed by atoms with Crippen LogP contribution < -0.4 is 5.32 Å². The normalized spacial score (nSPS) is 24.1. The minimum Gasteiger partial charge on any atom is -0.310 e. The summed E-state index contributed by atoms with van der Waals surface area (Å²) in [6, 6.07) is 0.700. The first-order valence-electron chi connectivity index (χ1n) is 7.85. The van der Waals surface area contributed by atoms with Crippen molar-refractivity contribution >= 4 is 0 Å².